The molecule has 0 amide bonds. The van der Waals surface area contributed by atoms with Crippen molar-refractivity contribution >= 4 is 5.70 Å². The Morgan fingerprint density at radius 3 is 2.60 bits per heavy atom. The van der Waals surface area contributed by atoms with Gasteiger partial charge in [0, 0.05) is 11.8 Å². The molecule has 1 unspecified atom stereocenters. The fourth-order valence-corrected chi connectivity index (χ4v) is 2.57. The third-order valence-electron chi connectivity index (χ3n) is 3.94. The largest absolute Gasteiger partial charge is 0.455 e. The first-order valence-electron chi connectivity index (χ1n) is 8.66. The van der Waals surface area contributed by atoms with Crippen LogP contribution in [0.5, 0.6) is 6.01 Å². The molecule has 3 rings (SSSR count). The summed E-state index contributed by atoms with van der Waals surface area (Å²) in [7, 11) is 0. The maximum Gasteiger partial charge on any atom is 0.411 e. The van der Waals surface area contributed by atoms with E-state index in [4.69, 9.17) is 9.47 Å². The summed E-state index contributed by atoms with van der Waals surface area (Å²) >= 11 is 0. The fourth-order valence-electron chi connectivity index (χ4n) is 2.57. The monoisotopic (exact) mass is 433 g/mol. The zero-order chi connectivity index (χ0) is 21.7. The van der Waals surface area contributed by atoms with Gasteiger partial charge < -0.3 is 9.47 Å². The number of aromatic amines is 1. The van der Waals surface area contributed by atoms with Gasteiger partial charge >= 0.3 is 12.2 Å². The highest BCUT2D eigenvalue weighted by atomic mass is 19.4. The van der Waals surface area contributed by atoms with Gasteiger partial charge in [0.25, 0.3) is 5.56 Å². The zero-order valence-electron chi connectivity index (χ0n) is 15.3. The van der Waals surface area contributed by atoms with Crippen LogP contribution in [0, 0.1) is 0 Å². The highest BCUT2D eigenvalue weighted by molar-refractivity contribution is 5.62. The normalized spacial score (nSPS) is 16.7. The number of allylic oxidation sites excluding steroid dienone is 2. The van der Waals surface area contributed by atoms with Crippen LogP contribution in [-0.4, -0.2) is 63.3 Å². The molecule has 1 aliphatic rings. The molecule has 2 aromatic rings. The van der Waals surface area contributed by atoms with Gasteiger partial charge in [-0.2, -0.15) is 33.6 Å². The van der Waals surface area contributed by atoms with Crippen molar-refractivity contribution in [2.45, 2.75) is 24.8 Å². The van der Waals surface area contributed by atoms with Crippen LogP contribution in [0.25, 0.3) is 17.1 Å². The second-order valence-corrected chi connectivity index (χ2v) is 6.19. The van der Waals surface area contributed by atoms with Crippen LogP contribution in [0.4, 0.5) is 22.0 Å². The lowest BCUT2D eigenvalue weighted by molar-refractivity contribution is -0.180. The maximum absolute atomic E-state index is 13.0. The number of aromatic nitrogens is 5. The number of hydrogen-bond acceptors (Lipinski definition) is 6. The standard InChI is InChI=1S/C17H16F5N5O3/c18-6-12(7-19)30-16-24-13(14-8-23-26-25-14)5-15(28)27(16)10-1-3-11(4-2-10)29-9-17(20,21)22/h1-3,5,8,11-12H,4,6-7,9H2,(H,23,25,26). The van der Waals surface area contributed by atoms with Crippen molar-refractivity contribution in [1.29, 1.82) is 0 Å². The van der Waals surface area contributed by atoms with E-state index in [1.807, 2.05) is 0 Å². The Bertz CT molecular complexity index is 967. The SMILES string of the molecule is O=c1cc(-c2cn[nH]n2)nc(OC(CF)CF)n1C1=CCC(OCC(F)(F)F)C=C1. The summed E-state index contributed by atoms with van der Waals surface area (Å²) < 4.78 is 73.8. The Hall–Kier alpha value is -3.09. The number of nitrogens with zero attached hydrogens (tertiary/aromatic N) is 4. The first kappa shape index (κ1) is 21.6. The number of H-pyrrole nitrogens is 1. The van der Waals surface area contributed by atoms with E-state index in [2.05, 4.69) is 20.4 Å². The van der Waals surface area contributed by atoms with Crippen molar-refractivity contribution in [2.75, 3.05) is 20.0 Å². The summed E-state index contributed by atoms with van der Waals surface area (Å²) in [5.41, 5.74) is -0.185. The van der Waals surface area contributed by atoms with E-state index in [1.54, 1.807) is 0 Å². The lowest BCUT2D eigenvalue weighted by Crippen LogP contribution is -2.29. The first-order chi connectivity index (χ1) is 14.3. The summed E-state index contributed by atoms with van der Waals surface area (Å²) in [6.45, 7) is -3.74. The Morgan fingerprint density at radius 2 is 2.03 bits per heavy atom. The summed E-state index contributed by atoms with van der Waals surface area (Å²) in [6.07, 6.45) is -1.36. The number of rotatable bonds is 8. The Kier molecular flexibility index (Phi) is 6.59. The van der Waals surface area contributed by atoms with Gasteiger partial charge in [0.1, 0.15) is 31.3 Å². The van der Waals surface area contributed by atoms with Crippen LogP contribution in [0.2, 0.25) is 0 Å². The van der Waals surface area contributed by atoms with Crippen molar-refractivity contribution in [1.82, 2.24) is 25.0 Å². The summed E-state index contributed by atoms with van der Waals surface area (Å²) in [4.78, 5) is 16.8. The second kappa shape index (κ2) is 9.15. The van der Waals surface area contributed by atoms with E-state index in [-0.39, 0.29) is 23.5 Å². The summed E-state index contributed by atoms with van der Waals surface area (Å²) in [5.74, 6) is 0. The third-order valence-corrected chi connectivity index (χ3v) is 3.94. The van der Waals surface area contributed by atoms with Crippen LogP contribution in [0.1, 0.15) is 6.42 Å². The van der Waals surface area contributed by atoms with Crippen molar-refractivity contribution in [3.8, 4) is 17.4 Å². The number of alkyl halides is 5. The molecule has 1 aliphatic carbocycles. The highest BCUT2D eigenvalue weighted by Gasteiger charge is 2.29. The third kappa shape index (κ3) is 5.28. The molecule has 8 nitrogen and oxygen atoms in total. The average molecular weight is 433 g/mol. The van der Waals surface area contributed by atoms with Gasteiger partial charge in [-0.15, -0.1) is 0 Å². The molecule has 0 fully saturated rings. The minimum Gasteiger partial charge on any atom is -0.455 e. The van der Waals surface area contributed by atoms with Crippen LogP contribution in [0.15, 0.2) is 35.3 Å². The molecule has 2 heterocycles. The van der Waals surface area contributed by atoms with Crippen LogP contribution >= 0.6 is 0 Å². The molecule has 162 valence electrons. The van der Waals surface area contributed by atoms with E-state index in [9.17, 15) is 26.7 Å². The molecular formula is C17H16F5N5O3. The van der Waals surface area contributed by atoms with Crippen molar-refractivity contribution in [2.24, 2.45) is 0 Å². The number of nitrogens with one attached hydrogen (secondary N) is 1. The minimum absolute atomic E-state index is 0.0362. The molecule has 0 aromatic carbocycles. The molecular weight excluding hydrogens is 417 g/mol. The quantitative estimate of drug-likeness (QED) is 0.643. The van der Waals surface area contributed by atoms with E-state index < -0.39 is 49.9 Å². The van der Waals surface area contributed by atoms with Crippen LogP contribution in [-0.2, 0) is 4.74 Å². The topological polar surface area (TPSA) is 94.9 Å². The molecule has 0 radical (unpaired) electrons. The molecule has 30 heavy (non-hydrogen) atoms. The Morgan fingerprint density at radius 1 is 1.27 bits per heavy atom. The smallest absolute Gasteiger partial charge is 0.411 e. The van der Waals surface area contributed by atoms with E-state index >= 15 is 0 Å². The lowest BCUT2D eigenvalue weighted by atomic mass is 10.1. The highest BCUT2D eigenvalue weighted by Crippen LogP contribution is 2.24. The van der Waals surface area contributed by atoms with Crippen LogP contribution in [0.3, 0.4) is 0 Å². The zero-order valence-corrected chi connectivity index (χ0v) is 15.3. The molecule has 0 spiro atoms. The minimum atomic E-state index is -4.47. The second-order valence-electron chi connectivity index (χ2n) is 6.19. The predicted octanol–water partition coefficient (Wildman–Crippen LogP) is 2.46. The maximum atomic E-state index is 13.0. The van der Waals surface area contributed by atoms with Crippen LogP contribution < -0.4 is 10.3 Å². The number of hydrogen-bond donors (Lipinski definition) is 1. The first-order valence-corrected chi connectivity index (χ1v) is 8.66. The lowest BCUT2D eigenvalue weighted by Gasteiger charge is -2.21. The van der Waals surface area contributed by atoms with Gasteiger partial charge in [0.2, 0.25) is 0 Å². The Balaban J connectivity index is 1.91. The Labute approximate surface area is 166 Å². The van der Waals surface area contributed by atoms with Gasteiger partial charge in [0.15, 0.2) is 6.10 Å². The average Bonchev–Trinajstić information content (AvgIpc) is 3.25. The summed E-state index contributed by atoms with van der Waals surface area (Å²) in [6, 6.07) is 0.720. The molecule has 0 bridgehead atoms. The molecule has 1 N–H and O–H groups in total. The van der Waals surface area contributed by atoms with Crippen molar-refractivity contribution < 1.29 is 31.4 Å². The van der Waals surface area contributed by atoms with Gasteiger partial charge in [0.05, 0.1) is 12.3 Å². The van der Waals surface area contributed by atoms with E-state index in [0.29, 0.717) is 0 Å². The molecule has 0 saturated heterocycles. The van der Waals surface area contributed by atoms with Crippen molar-refractivity contribution in [3.63, 3.8) is 0 Å². The number of halogens is 5. The predicted molar refractivity (Wildman–Crippen MR) is 94.1 cm³/mol. The van der Waals surface area contributed by atoms with Gasteiger partial charge in [-0.05, 0) is 12.5 Å². The molecule has 2 aromatic heterocycles. The van der Waals surface area contributed by atoms with Gasteiger partial charge in [-0.1, -0.05) is 12.2 Å². The number of ether oxygens (including phenoxy) is 2. The fraction of sp³-hybridized carbons (Fsp3) is 0.412. The van der Waals surface area contributed by atoms with E-state index in [0.717, 1.165) is 10.6 Å². The summed E-state index contributed by atoms with van der Waals surface area (Å²) in [5, 5.41) is 9.75. The van der Waals surface area contributed by atoms with Gasteiger partial charge in [-0.3, -0.25) is 4.79 Å². The molecule has 13 heteroatoms. The molecule has 0 aliphatic heterocycles. The van der Waals surface area contributed by atoms with Crippen molar-refractivity contribution in [3.05, 3.63) is 40.8 Å². The molecule has 1 atom stereocenters. The molecule has 0 saturated carbocycles. The van der Waals surface area contributed by atoms with Gasteiger partial charge in [-0.25, -0.2) is 13.3 Å². The van der Waals surface area contributed by atoms with E-state index in [1.165, 1.54) is 24.4 Å².